The number of fused-ring (bicyclic) bond motifs is 3. The van der Waals surface area contributed by atoms with Crippen LogP contribution in [0.1, 0.15) is 85.6 Å². The van der Waals surface area contributed by atoms with Crippen LogP contribution < -0.4 is 20.7 Å². The smallest absolute Gasteiger partial charge is 0.249 e. The van der Waals surface area contributed by atoms with Crippen molar-refractivity contribution in [1.82, 2.24) is 50.4 Å². The fourth-order valence-electron chi connectivity index (χ4n) is 10.2. The summed E-state index contributed by atoms with van der Waals surface area (Å²) in [6, 6.07) is 20.1. The molecular formula is C61H73FN10O9. The number of H-pyrrole nitrogens is 1. The number of hydrogen-bond donors (Lipinski definition) is 4. The number of aromatic amines is 1. The highest BCUT2D eigenvalue weighted by Gasteiger charge is 2.43. The Morgan fingerprint density at radius 3 is 2.28 bits per heavy atom. The molecule has 4 aromatic heterocycles. The first kappa shape index (κ1) is 58.0. The second-order valence-electron chi connectivity index (χ2n) is 21.6. The molecule has 4 atom stereocenters. The summed E-state index contributed by atoms with van der Waals surface area (Å²) >= 11 is 0. The second-order valence-corrected chi connectivity index (χ2v) is 21.6. The van der Waals surface area contributed by atoms with Gasteiger partial charge in [-0.1, -0.05) is 63.2 Å². The summed E-state index contributed by atoms with van der Waals surface area (Å²) in [5.41, 5.74) is 8.38. The van der Waals surface area contributed by atoms with Gasteiger partial charge in [0, 0.05) is 65.4 Å². The quantitative estimate of drug-likeness (QED) is 0.0394. The van der Waals surface area contributed by atoms with Crippen LogP contribution in [0.2, 0.25) is 0 Å². The van der Waals surface area contributed by atoms with Crippen LogP contribution in [0.4, 0.5) is 4.39 Å². The Morgan fingerprint density at radius 1 is 0.790 bits per heavy atom. The molecule has 1 aliphatic carbocycles. The van der Waals surface area contributed by atoms with Crippen LogP contribution in [0, 0.1) is 11.2 Å². The zero-order valence-corrected chi connectivity index (χ0v) is 46.8. The van der Waals surface area contributed by atoms with Crippen molar-refractivity contribution in [2.24, 2.45) is 5.41 Å². The van der Waals surface area contributed by atoms with E-state index in [0.717, 1.165) is 69.2 Å². The Labute approximate surface area is 471 Å². The summed E-state index contributed by atoms with van der Waals surface area (Å²) < 4.78 is 45.6. The Morgan fingerprint density at radius 2 is 1.53 bits per heavy atom. The van der Waals surface area contributed by atoms with Gasteiger partial charge in [-0.25, -0.2) is 14.1 Å². The average Bonchev–Trinajstić information content (AvgIpc) is 4.30. The Balaban J connectivity index is 0.657. The number of nitrogens with zero attached hydrogens (tertiary/aromatic N) is 6. The van der Waals surface area contributed by atoms with Gasteiger partial charge in [-0.3, -0.25) is 23.9 Å². The van der Waals surface area contributed by atoms with Gasteiger partial charge in [0.15, 0.2) is 0 Å². The number of aromatic nitrogens is 6. The maximum absolute atomic E-state index is 14.7. The monoisotopic (exact) mass is 1110 g/mol. The minimum Gasteiger partial charge on any atom is -0.491 e. The maximum Gasteiger partial charge on any atom is 0.249 e. The lowest BCUT2D eigenvalue weighted by atomic mass is 9.83. The molecule has 4 N–H and O–H groups in total. The molecule has 0 fully saturated rings. The zero-order chi connectivity index (χ0) is 56.9. The normalized spacial score (nSPS) is 15.9. The Kier molecular flexibility index (Phi) is 19.5. The summed E-state index contributed by atoms with van der Waals surface area (Å²) in [7, 11) is 1.69. The lowest BCUT2D eigenvalue weighted by Gasteiger charge is -2.41. The number of likely N-dealkylation sites (N-methyl/N-ethyl adjacent to an activating group) is 1. The SMILES string of the molecule is CN[C@H](C)C(=O)N[C@@H](C(=O)N1Cc2cc(OCCOCCOCCOCCOCCC(=O)n3cc(-c4cnc5[nH]cc(-c6cnn(Cc7cccc(F)c7)c6)c5c4)cn3)ccc2C[C@@H]1C(=O)N[C@H]1CCCc2ccccc21)C(C)(C)C. The molecule has 0 radical (unpaired) electrons. The van der Waals surface area contributed by atoms with Crippen LogP contribution in [0.3, 0.4) is 0 Å². The number of amides is 3. The van der Waals surface area contributed by atoms with E-state index in [4.69, 9.17) is 23.7 Å². The van der Waals surface area contributed by atoms with E-state index in [1.165, 1.54) is 22.4 Å². The van der Waals surface area contributed by atoms with Gasteiger partial charge in [0.2, 0.25) is 23.6 Å². The molecule has 7 aromatic rings. The van der Waals surface area contributed by atoms with E-state index >= 15 is 0 Å². The molecule has 3 amide bonds. The molecule has 428 valence electrons. The van der Waals surface area contributed by atoms with Crippen molar-refractivity contribution in [3.63, 3.8) is 0 Å². The van der Waals surface area contributed by atoms with Crippen LogP contribution in [-0.2, 0) is 59.3 Å². The van der Waals surface area contributed by atoms with Crippen molar-refractivity contribution in [2.75, 3.05) is 66.5 Å². The highest BCUT2D eigenvalue weighted by molar-refractivity contribution is 5.96. The van der Waals surface area contributed by atoms with Crippen LogP contribution in [0.25, 0.3) is 33.3 Å². The lowest BCUT2D eigenvalue weighted by molar-refractivity contribution is -0.147. The molecular weight excluding hydrogens is 1040 g/mol. The fraction of sp³-hybridized carbons (Fsp3) is 0.426. The van der Waals surface area contributed by atoms with Gasteiger partial charge >= 0.3 is 0 Å². The number of aryl methyl sites for hydroxylation is 1. The van der Waals surface area contributed by atoms with Crippen molar-refractivity contribution in [3.05, 3.63) is 144 Å². The second kappa shape index (κ2) is 27.2. The van der Waals surface area contributed by atoms with Crippen LogP contribution in [0.15, 0.2) is 110 Å². The Bertz CT molecular complexity index is 3280. The van der Waals surface area contributed by atoms with E-state index < -0.39 is 23.5 Å². The van der Waals surface area contributed by atoms with Gasteiger partial charge in [0.1, 0.15) is 35.9 Å². The van der Waals surface area contributed by atoms with E-state index in [-0.39, 0.29) is 61.7 Å². The molecule has 1 aliphatic heterocycles. The minimum atomic E-state index is -0.884. The van der Waals surface area contributed by atoms with Crippen molar-refractivity contribution in [1.29, 1.82) is 0 Å². The van der Waals surface area contributed by atoms with Gasteiger partial charge in [0.25, 0.3) is 0 Å². The number of carbonyl (C=O) groups excluding carboxylic acids is 4. The molecule has 0 unspecified atom stereocenters. The molecule has 19 nitrogen and oxygen atoms in total. The molecule has 9 rings (SSSR count). The van der Waals surface area contributed by atoms with Gasteiger partial charge in [-0.05, 0) is 96.8 Å². The number of halogens is 1. The van der Waals surface area contributed by atoms with Crippen LogP contribution in [-0.4, -0.2) is 143 Å². The van der Waals surface area contributed by atoms with E-state index in [0.29, 0.717) is 70.6 Å². The number of nitrogens with one attached hydrogen (secondary N) is 4. The highest BCUT2D eigenvalue weighted by Crippen LogP contribution is 2.34. The number of benzene rings is 3. The molecule has 2 aliphatic rings. The number of rotatable bonds is 26. The van der Waals surface area contributed by atoms with Crippen molar-refractivity contribution < 1.29 is 47.3 Å². The average molecular weight is 1110 g/mol. The molecule has 5 heterocycles. The number of carbonyl (C=O) groups is 4. The van der Waals surface area contributed by atoms with Gasteiger partial charge in [-0.15, -0.1) is 0 Å². The molecule has 0 saturated carbocycles. The topological polar surface area (TPSA) is 218 Å². The molecule has 20 heteroatoms. The first-order valence-electron chi connectivity index (χ1n) is 27.8. The first-order chi connectivity index (χ1) is 39.2. The predicted molar refractivity (Wildman–Crippen MR) is 303 cm³/mol. The summed E-state index contributed by atoms with van der Waals surface area (Å²) in [6.45, 7) is 11.0. The van der Waals surface area contributed by atoms with Gasteiger partial charge in [0.05, 0.1) is 90.3 Å². The van der Waals surface area contributed by atoms with Crippen molar-refractivity contribution in [3.8, 4) is 28.0 Å². The molecule has 0 saturated heterocycles. The van der Waals surface area contributed by atoms with Crippen molar-refractivity contribution in [2.45, 2.75) is 97.1 Å². The van der Waals surface area contributed by atoms with E-state index in [2.05, 4.69) is 48.2 Å². The van der Waals surface area contributed by atoms with E-state index in [1.54, 1.807) is 54.4 Å². The van der Waals surface area contributed by atoms with Crippen LogP contribution in [0.5, 0.6) is 5.75 Å². The zero-order valence-electron chi connectivity index (χ0n) is 46.8. The lowest BCUT2D eigenvalue weighted by Crippen LogP contribution is -2.62. The number of ether oxygens (including phenoxy) is 5. The molecule has 0 spiro atoms. The summed E-state index contributed by atoms with van der Waals surface area (Å²) in [5.74, 6) is -0.715. The van der Waals surface area contributed by atoms with Crippen LogP contribution >= 0.6 is 0 Å². The number of hydrogen-bond acceptors (Lipinski definition) is 13. The summed E-state index contributed by atoms with van der Waals surface area (Å²) in [5, 5.41) is 18.9. The molecule has 0 bridgehead atoms. The number of pyridine rings is 1. The predicted octanol–water partition coefficient (Wildman–Crippen LogP) is 7.24. The third-order valence-electron chi connectivity index (χ3n) is 14.8. The summed E-state index contributed by atoms with van der Waals surface area (Å²) in [6.07, 6.45) is 13.8. The van der Waals surface area contributed by atoms with Crippen molar-refractivity contribution >= 4 is 34.7 Å². The maximum atomic E-state index is 14.7. The fourth-order valence-corrected chi connectivity index (χ4v) is 10.2. The largest absolute Gasteiger partial charge is 0.491 e. The minimum absolute atomic E-state index is 0.138. The highest BCUT2D eigenvalue weighted by atomic mass is 19.1. The standard InChI is InChI=1S/C61H73FN10O9/c1-40(63-5)58(74)69-56(61(2,3)4)60(76)71-38-45-29-49(17-16-43(45)31-54(71)59(75)68-53-15-9-12-42-11-6-7-14-50(42)53)81-27-26-80-25-24-79-23-22-78-21-20-77-19-18-55(73)72-39-46(33-67-72)44-30-51-52(35-65-57(51)64-32-44)47-34-66-70(37-47)36-41-10-8-13-48(62)28-41/h6-8,10-11,13-14,16-17,28-30,32-35,37,39-40,53-54,56,63H,9,12,15,18-27,31,36,38H2,1-5H3,(H,64,65)(H,68,75)(H,69,74)/t40-,53+,54-,56+/m1/s1. The van der Waals surface area contributed by atoms with Gasteiger partial charge in [-0.2, -0.15) is 10.2 Å². The van der Waals surface area contributed by atoms with Gasteiger partial charge < -0.3 is 49.5 Å². The third kappa shape index (κ3) is 15.0. The van der Waals surface area contributed by atoms with E-state index in [1.807, 2.05) is 75.6 Å². The Hall–Kier alpha value is -7.62. The third-order valence-corrected chi connectivity index (χ3v) is 14.8. The first-order valence-corrected chi connectivity index (χ1v) is 27.8. The summed E-state index contributed by atoms with van der Waals surface area (Å²) in [4.78, 5) is 64.6. The van der Waals surface area contributed by atoms with E-state index in [9.17, 15) is 23.6 Å². The molecule has 81 heavy (non-hydrogen) atoms. The molecule has 3 aromatic carbocycles.